The lowest BCUT2D eigenvalue weighted by Gasteiger charge is -2.42. The fraction of sp³-hybridized carbons (Fsp3) is 0.300. The number of esters is 2. The predicted octanol–water partition coefficient (Wildman–Crippen LogP) is 0.724. The lowest BCUT2D eigenvalue weighted by molar-refractivity contribution is -0.384. The van der Waals surface area contributed by atoms with Crippen LogP contribution in [0.4, 0.5) is 5.69 Å². The minimum absolute atomic E-state index is 0.135. The van der Waals surface area contributed by atoms with Gasteiger partial charge in [0, 0.05) is 24.1 Å². The molecule has 34 heavy (non-hydrogen) atoms. The predicted molar refractivity (Wildman–Crippen MR) is 108 cm³/mol. The Morgan fingerprint density at radius 3 is 2.44 bits per heavy atom. The minimum atomic E-state index is -1.53. The molecule has 14 nitrogen and oxygen atoms in total. The number of hydrogen-bond acceptors (Lipinski definition) is 10. The quantitative estimate of drug-likeness (QED) is 0.0792. The molecule has 0 aliphatic carbocycles. The van der Waals surface area contributed by atoms with E-state index in [1.807, 2.05) is 0 Å². The smallest absolute Gasteiger partial charge is 0.442 e. The maximum absolute atomic E-state index is 12.8. The zero-order valence-corrected chi connectivity index (χ0v) is 17.7. The molecule has 14 heteroatoms. The fourth-order valence-electron chi connectivity index (χ4n) is 3.36. The molecule has 0 spiro atoms. The number of ketones is 1. The number of nitrogens with zero attached hydrogens (tertiary/aromatic N) is 4. The van der Waals surface area contributed by atoms with E-state index >= 15 is 0 Å². The van der Waals surface area contributed by atoms with Crippen molar-refractivity contribution in [2.75, 3.05) is 0 Å². The van der Waals surface area contributed by atoms with Crippen LogP contribution in [0.1, 0.15) is 24.2 Å². The Morgan fingerprint density at radius 1 is 1.24 bits per heavy atom. The van der Waals surface area contributed by atoms with Crippen molar-refractivity contribution in [1.29, 1.82) is 0 Å². The molecular weight excluding hydrogens is 454 g/mol. The third kappa shape index (κ3) is 4.86. The number of benzene rings is 1. The van der Waals surface area contributed by atoms with Crippen LogP contribution in [0.15, 0.2) is 41.1 Å². The summed E-state index contributed by atoms with van der Waals surface area (Å²) >= 11 is 0. The van der Waals surface area contributed by atoms with Crippen molar-refractivity contribution in [3.8, 4) is 5.88 Å². The Kier molecular flexibility index (Phi) is 6.92. The van der Waals surface area contributed by atoms with Gasteiger partial charge in [0.1, 0.15) is 12.4 Å². The van der Waals surface area contributed by atoms with Crippen molar-refractivity contribution in [3.63, 3.8) is 0 Å². The molecule has 1 saturated heterocycles. The van der Waals surface area contributed by atoms with E-state index in [-0.39, 0.29) is 17.1 Å². The van der Waals surface area contributed by atoms with E-state index < -0.39 is 58.2 Å². The topological polar surface area (TPSA) is 204 Å². The molecule has 3 rings (SSSR count). The molecule has 4 atom stereocenters. The number of Topliss-reactive ketones (excluding diaryl/α,β-unsaturated/α-hetero) is 1. The Hall–Kier alpha value is -4.71. The molecule has 0 radical (unpaired) electrons. The lowest BCUT2D eigenvalue weighted by atomic mass is 9.76. The number of ether oxygens (including phenoxy) is 2. The number of carbonyl (C=O) groups is 4. The van der Waals surface area contributed by atoms with Gasteiger partial charge < -0.3 is 24.8 Å². The van der Waals surface area contributed by atoms with E-state index in [4.69, 9.17) is 4.74 Å². The Labute approximate surface area is 190 Å². The van der Waals surface area contributed by atoms with E-state index in [9.17, 15) is 34.8 Å². The van der Waals surface area contributed by atoms with Gasteiger partial charge in [0.05, 0.1) is 22.4 Å². The summed E-state index contributed by atoms with van der Waals surface area (Å²) < 4.78 is 14.7. The molecule has 1 aliphatic heterocycles. The highest BCUT2D eigenvalue weighted by Crippen LogP contribution is 2.28. The number of carbonyl (C=O) groups excluding carboxylic acids is 4. The molecule has 2 aromatic rings. The van der Waals surface area contributed by atoms with Crippen molar-refractivity contribution in [1.82, 2.24) is 10.5 Å². The van der Waals surface area contributed by atoms with Gasteiger partial charge in [-0.15, -0.1) is 0 Å². The summed E-state index contributed by atoms with van der Waals surface area (Å²) in [4.78, 5) is 62.0. The molecule has 1 amide bonds. The van der Waals surface area contributed by atoms with Crippen LogP contribution in [-0.4, -0.2) is 56.4 Å². The number of β-lactam (4-membered cyclic amide) rings is 1. The monoisotopic (exact) mass is 471 g/mol. The fourth-order valence-corrected chi connectivity index (χ4v) is 3.36. The summed E-state index contributed by atoms with van der Waals surface area (Å²) in [6.45, 7) is 2.97. The molecule has 176 valence electrons. The highest BCUT2D eigenvalue weighted by Gasteiger charge is 2.51. The van der Waals surface area contributed by atoms with E-state index in [2.05, 4.69) is 24.5 Å². The van der Waals surface area contributed by atoms with E-state index in [0.29, 0.717) is 0 Å². The van der Waals surface area contributed by atoms with Gasteiger partial charge in [0.25, 0.3) is 17.4 Å². The zero-order chi connectivity index (χ0) is 25.0. The van der Waals surface area contributed by atoms with Gasteiger partial charge in [-0.1, -0.05) is 6.92 Å². The van der Waals surface area contributed by atoms with Crippen LogP contribution < -0.4 is 10.1 Å². The second kappa shape index (κ2) is 9.83. The number of non-ortho nitro benzene ring substituents is 1. The van der Waals surface area contributed by atoms with E-state index in [1.165, 1.54) is 19.3 Å². The van der Waals surface area contributed by atoms with Crippen molar-refractivity contribution in [2.45, 2.75) is 26.0 Å². The number of amides is 1. The van der Waals surface area contributed by atoms with Gasteiger partial charge in [0.15, 0.2) is 0 Å². The normalized spacial score (nSPS) is 18.4. The van der Waals surface area contributed by atoms with Crippen LogP contribution in [0.5, 0.6) is 5.88 Å². The minimum Gasteiger partial charge on any atom is -0.472 e. The summed E-state index contributed by atoms with van der Waals surface area (Å²) in [5.41, 5.74) is 7.66. The van der Waals surface area contributed by atoms with Gasteiger partial charge in [-0.05, 0) is 24.2 Å². The highest BCUT2D eigenvalue weighted by atomic mass is 16.6. The van der Waals surface area contributed by atoms with E-state index in [1.54, 1.807) is 6.92 Å². The first-order valence-corrected chi connectivity index (χ1v) is 9.78. The summed E-state index contributed by atoms with van der Waals surface area (Å²) in [6, 6.07) is 4.81. The number of hydrogen-bond donors (Lipinski definition) is 1. The number of rotatable bonds is 9. The Balaban J connectivity index is 1.66. The first-order valence-electron chi connectivity index (χ1n) is 9.78. The van der Waals surface area contributed by atoms with Crippen LogP contribution in [0.2, 0.25) is 0 Å². The first-order chi connectivity index (χ1) is 16.1. The number of aromatic nitrogens is 1. The molecule has 1 aromatic carbocycles. The van der Waals surface area contributed by atoms with E-state index in [0.717, 1.165) is 24.3 Å². The number of nitro groups is 1. The largest absolute Gasteiger partial charge is 0.472 e. The van der Waals surface area contributed by atoms with Crippen LogP contribution in [0.25, 0.3) is 5.53 Å². The average Bonchev–Trinajstić information content (AvgIpc) is 3.30. The number of nitrogens with one attached hydrogen (secondary N) is 1. The Morgan fingerprint density at radius 2 is 1.91 bits per heavy atom. The van der Waals surface area contributed by atoms with Crippen LogP contribution in [0.3, 0.4) is 0 Å². The molecule has 0 bridgehead atoms. The highest BCUT2D eigenvalue weighted by molar-refractivity contribution is 6.63. The second-order valence-electron chi connectivity index (χ2n) is 7.30. The summed E-state index contributed by atoms with van der Waals surface area (Å²) in [7, 11) is 0. The summed E-state index contributed by atoms with van der Waals surface area (Å²) in [5.74, 6) is -5.86. The van der Waals surface area contributed by atoms with Crippen LogP contribution >= 0.6 is 0 Å². The lowest BCUT2D eigenvalue weighted by Crippen LogP contribution is -2.66. The van der Waals surface area contributed by atoms with Crippen LogP contribution in [0, 0.1) is 22.0 Å². The van der Waals surface area contributed by atoms with Crippen molar-refractivity contribution >= 4 is 35.0 Å². The van der Waals surface area contributed by atoms with Crippen molar-refractivity contribution < 1.29 is 42.9 Å². The summed E-state index contributed by atoms with van der Waals surface area (Å²) in [5, 5.41) is 16.8. The molecule has 2 heterocycles. The summed E-state index contributed by atoms with van der Waals surface area (Å²) in [6.07, 6.45) is 0.560. The van der Waals surface area contributed by atoms with Crippen molar-refractivity contribution in [3.05, 3.63) is 57.8 Å². The molecule has 1 N–H and O–H groups in total. The maximum atomic E-state index is 12.8. The third-order valence-corrected chi connectivity index (χ3v) is 5.20. The second-order valence-corrected chi connectivity index (χ2v) is 7.30. The molecule has 2 unspecified atom stereocenters. The SMILES string of the molecule is CC(C(=O)C(=[N+]=[N-])C(=O)OC(=O)c1ccc([N+](=O)[O-])cc1)[C@H]1NC(=O)[C@@H]1C(C)Oc1ccon1. The number of nitro benzene ring substituents is 1. The van der Waals surface area contributed by atoms with Crippen LogP contribution in [-0.2, 0) is 19.1 Å². The molecule has 1 aliphatic rings. The van der Waals surface area contributed by atoms with Gasteiger partial charge in [-0.3, -0.25) is 19.7 Å². The molecule has 1 aromatic heterocycles. The van der Waals surface area contributed by atoms with Crippen molar-refractivity contribution in [2.24, 2.45) is 11.8 Å². The Bertz CT molecular complexity index is 1190. The molecule has 0 saturated carbocycles. The maximum Gasteiger partial charge on any atom is 0.442 e. The standard InChI is InChI=1S/C20H17N5O9/c1-9(15-14(18(27)22-15)10(2)33-13-7-8-32-24-13)17(26)16(23-21)20(29)34-19(28)11-3-5-12(6-4-11)25(30)31/h3-10,14-15H,1-2H3,(H,22,27)/t9?,10?,14-,15-/m1/s1. The first kappa shape index (κ1) is 23.9. The average molecular weight is 471 g/mol. The van der Waals surface area contributed by atoms with Gasteiger partial charge >= 0.3 is 17.7 Å². The van der Waals surface area contributed by atoms with Gasteiger partial charge in [-0.2, -0.15) is 4.79 Å². The van der Waals surface area contributed by atoms with Gasteiger partial charge in [-0.25, -0.2) is 9.59 Å². The molecular formula is C20H17N5O9. The zero-order valence-electron chi connectivity index (χ0n) is 17.7. The third-order valence-electron chi connectivity index (χ3n) is 5.20. The molecule has 1 fully saturated rings. The van der Waals surface area contributed by atoms with Gasteiger partial charge in [0.2, 0.25) is 5.91 Å².